The van der Waals surface area contributed by atoms with Crippen molar-refractivity contribution in [2.24, 2.45) is 4.99 Å². The summed E-state index contributed by atoms with van der Waals surface area (Å²) in [5.74, 6) is 1.38. The predicted molar refractivity (Wildman–Crippen MR) is 112 cm³/mol. The molecule has 0 spiro atoms. The lowest BCUT2D eigenvalue weighted by Gasteiger charge is -2.45. The lowest BCUT2D eigenvalue weighted by atomic mass is 9.80. The second-order valence-electron chi connectivity index (χ2n) is 8.16. The zero-order chi connectivity index (χ0) is 19.1. The van der Waals surface area contributed by atoms with E-state index in [4.69, 9.17) is 9.73 Å². The Hall–Kier alpha value is -2.29. The molecule has 0 N–H and O–H groups in total. The van der Waals surface area contributed by atoms with Crippen molar-refractivity contribution in [1.29, 1.82) is 0 Å². The Bertz CT molecular complexity index is 852. The average molecular weight is 351 g/mol. The van der Waals surface area contributed by atoms with Crippen LogP contribution in [0.25, 0.3) is 0 Å². The molecule has 0 aromatic heterocycles. The monoisotopic (exact) mass is 350 g/mol. The lowest BCUT2D eigenvalue weighted by molar-refractivity contribution is 0.389. The molecule has 1 heterocycles. The van der Waals surface area contributed by atoms with Crippen molar-refractivity contribution in [3.8, 4) is 5.75 Å². The number of rotatable bonds is 3. The minimum absolute atomic E-state index is 0.145. The van der Waals surface area contributed by atoms with Gasteiger partial charge in [-0.05, 0) is 74.9 Å². The highest BCUT2D eigenvalue weighted by atomic mass is 16.5. The molecule has 0 saturated heterocycles. The van der Waals surface area contributed by atoms with E-state index in [1.165, 1.54) is 22.4 Å². The summed E-state index contributed by atoms with van der Waals surface area (Å²) in [5.41, 5.74) is 7.32. The number of methoxy groups -OCH3 is 1. The van der Waals surface area contributed by atoms with Gasteiger partial charge in [0.15, 0.2) is 0 Å². The minimum atomic E-state index is 0.145. The summed E-state index contributed by atoms with van der Waals surface area (Å²) in [7, 11) is 3.90. The second-order valence-corrected chi connectivity index (χ2v) is 8.16. The van der Waals surface area contributed by atoms with Gasteiger partial charge in [0, 0.05) is 36.1 Å². The molecule has 0 radical (unpaired) electrons. The number of fused-ring (bicyclic) bond motifs is 1. The van der Waals surface area contributed by atoms with E-state index in [9.17, 15) is 0 Å². The van der Waals surface area contributed by atoms with Crippen LogP contribution in [0.3, 0.4) is 0 Å². The van der Waals surface area contributed by atoms with Crippen molar-refractivity contribution >= 4 is 17.6 Å². The molecule has 1 aliphatic rings. The number of anilines is 1. The molecule has 26 heavy (non-hydrogen) atoms. The van der Waals surface area contributed by atoms with Gasteiger partial charge in [-0.25, -0.2) is 0 Å². The molecule has 3 heteroatoms. The highest BCUT2D eigenvalue weighted by Crippen LogP contribution is 2.44. The summed E-state index contributed by atoms with van der Waals surface area (Å²) < 4.78 is 5.68. The molecule has 2 aromatic rings. The third kappa shape index (κ3) is 3.35. The van der Waals surface area contributed by atoms with E-state index in [1.54, 1.807) is 7.11 Å². The molecule has 0 amide bonds. The quantitative estimate of drug-likeness (QED) is 0.655. The standard InChI is InChI=1S/C23H30N2O/c1-15-8-9-19(10-16(15)2)24-14-18-11-20-17(3)13-23(4,5)25(6)21(20)12-22(18)26-7/h8-12,14,17H,13H2,1-7H3. The highest BCUT2D eigenvalue weighted by Gasteiger charge is 2.34. The minimum Gasteiger partial charge on any atom is -0.496 e. The Balaban J connectivity index is 2.02. The second kappa shape index (κ2) is 6.79. The summed E-state index contributed by atoms with van der Waals surface area (Å²) >= 11 is 0. The number of aliphatic imine (C=N–C) groups is 1. The maximum Gasteiger partial charge on any atom is 0.129 e. The van der Waals surface area contributed by atoms with Gasteiger partial charge in [-0.15, -0.1) is 0 Å². The Morgan fingerprint density at radius 1 is 1.15 bits per heavy atom. The SMILES string of the molecule is COc1cc2c(cc1C=Nc1ccc(C)c(C)c1)C(C)CC(C)(C)N2C. The van der Waals surface area contributed by atoms with Gasteiger partial charge >= 0.3 is 0 Å². The van der Waals surface area contributed by atoms with Gasteiger partial charge in [0.05, 0.1) is 12.8 Å². The molecular formula is C23H30N2O. The van der Waals surface area contributed by atoms with Gasteiger partial charge in [-0.1, -0.05) is 13.0 Å². The van der Waals surface area contributed by atoms with E-state index in [0.717, 1.165) is 23.4 Å². The fraction of sp³-hybridized carbons (Fsp3) is 0.435. The van der Waals surface area contributed by atoms with Crippen LogP contribution in [0, 0.1) is 13.8 Å². The molecule has 1 atom stereocenters. The van der Waals surface area contributed by atoms with Crippen LogP contribution in [0.4, 0.5) is 11.4 Å². The van der Waals surface area contributed by atoms with Crippen molar-refractivity contribution in [1.82, 2.24) is 0 Å². The largest absolute Gasteiger partial charge is 0.496 e. The first-order valence-corrected chi connectivity index (χ1v) is 9.30. The molecule has 3 rings (SSSR count). The maximum absolute atomic E-state index is 5.68. The molecule has 1 aliphatic heterocycles. The fourth-order valence-corrected chi connectivity index (χ4v) is 3.84. The first-order valence-electron chi connectivity index (χ1n) is 9.30. The van der Waals surface area contributed by atoms with Crippen LogP contribution in [0.15, 0.2) is 35.3 Å². The van der Waals surface area contributed by atoms with Crippen molar-refractivity contribution in [3.05, 3.63) is 52.6 Å². The van der Waals surface area contributed by atoms with Crippen molar-refractivity contribution in [3.63, 3.8) is 0 Å². The predicted octanol–water partition coefficient (Wildman–Crippen LogP) is 5.78. The Morgan fingerprint density at radius 2 is 1.88 bits per heavy atom. The number of hydrogen-bond acceptors (Lipinski definition) is 3. The smallest absolute Gasteiger partial charge is 0.129 e. The van der Waals surface area contributed by atoms with Crippen LogP contribution in [-0.2, 0) is 0 Å². The number of benzene rings is 2. The Morgan fingerprint density at radius 3 is 2.54 bits per heavy atom. The van der Waals surface area contributed by atoms with Crippen LogP contribution in [0.5, 0.6) is 5.75 Å². The van der Waals surface area contributed by atoms with E-state index in [2.05, 4.69) is 76.9 Å². The molecule has 0 aliphatic carbocycles. The van der Waals surface area contributed by atoms with Crippen LogP contribution < -0.4 is 9.64 Å². The van der Waals surface area contributed by atoms with E-state index in [-0.39, 0.29) is 5.54 Å². The third-order valence-electron chi connectivity index (χ3n) is 5.83. The average Bonchev–Trinajstić information content (AvgIpc) is 2.60. The van der Waals surface area contributed by atoms with Gasteiger partial charge in [-0.2, -0.15) is 0 Å². The van der Waals surface area contributed by atoms with Crippen molar-refractivity contribution < 1.29 is 4.74 Å². The molecule has 0 fully saturated rings. The van der Waals surface area contributed by atoms with Crippen molar-refractivity contribution in [2.45, 2.75) is 52.5 Å². The number of hydrogen-bond donors (Lipinski definition) is 0. The lowest BCUT2D eigenvalue weighted by Crippen LogP contribution is -2.45. The summed E-state index contributed by atoms with van der Waals surface area (Å²) in [6.07, 6.45) is 3.06. The summed E-state index contributed by atoms with van der Waals surface area (Å²) in [6, 6.07) is 10.7. The summed E-state index contributed by atoms with van der Waals surface area (Å²) in [4.78, 5) is 7.06. The zero-order valence-corrected chi connectivity index (χ0v) is 17.1. The third-order valence-corrected chi connectivity index (χ3v) is 5.83. The van der Waals surface area contributed by atoms with Crippen LogP contribution in [0.1, 0.15) is 55.4 Å². The van der Waals surface area contributed by atoms with E-state index < -0.39 is 0 Å². The highest BCUT2D eigenvalue weighted by molar-refractivity contribution is 5.87. The van der Waals surface area contributed by atoms with Crippen molar-refractivity contribution in [2.75, 3.05) is 19.1 Å². The molecule has 3 nitrogen and oxygen atoms in total. The summed E-state index contributed by atoms with van der Waals surface area (Å²) in [6.45, 7) is 11.1. The molecule has 0 bridgehead atoms. The number of nitrogens with zero attached hydrogens (tertiary/aromatic N) is 2. The van der Waals surface area contributed by atoms with Crippen LogP contribution in [-0.4, -0.2) is 25.9 Å². The summed E-state index contributed by atoms with van der Waals surface area (Å²) in [5, 5.41) is 0. The molecular weight excluding hydrogens is 320 g/mol. The van der Waals surface area contributed by atoms with E-state index >= 15 is 0 Å². The first-order chi connectivity index (χ1) is 12.2. The number of aryl methyl sites for hydroxylation is 2. The zero-order valence-electron chi connectivity index (χ0n) is 17.1. The molecule has 1 unspecified atom stereocenters. The van der Waals surface area contributed by atoms with Gasteiger partial charge in [0.2, 0.25) is 0 Å². The Labute approximate surface area is 157 Å². The Kier molecular flexibility index (Phi) is 4.83. The van der Waals surface area contributed by atoms with E-state index in [1.807, 2.05) is 6.21 Å². The fourth-order valence-electron chi connectivity index (χ4n) is 3.84. The van der Waals surface area contributed by atoms with Gasteiger partial charge in [-0.3, -0.25) is 4.99 Å². The van der Waals surface area contributed by atoms with Gasteiger partial charge in [0.25, 0.3) is 0 Å². The van der Waals surface area contributed by atoms with Crippen LogP contribution >= 0.6 is 0 Å². The van der Waals surface area contributed by atoms with Gasteiger partial charge < -0.3 is 9.64 Å². The van der Waals surface area contributed by atoms with Crippen LogP contribution in [0.2, 0.25) is 0 Å². The topological polar surface area (TPSA) is 24.8 Å². The molecule has 2 aromatic carbocycles. The number of ether oxygens (including phenoxy) is 1. The maximum atomic E-state index is 5.68. The van der Waals surface area contributed by atoms with Gasteiger partial charge in [0.1, 0.15) is 5.75 Å². The first kappa shape index (κ1) is 18.5. The molecule has 0 saturated carbocycles. The van der Waals surface area contributed by atoms with E-state index in [0.29, 0.717) is 5.92 Å². The normalized spacial score (nSPS) is 18.9. The molecule has 138 valence electrons.